The highest BCUT2D eigenvalue weighted by Crippen LogP contribution is 2.38. The number of rotatable bonds is 9. The number of ether oxygens (including phenoxy) is 2. The summed E-state index contributed by atoms with van der Waals surface area (Å²) in [5, 5.41) is 4.89. The van der Waals surface area contributed by atoms with E-state index < -0.39 is 0 Å². The summed E-state index contributed by atoms with van der Waals surface area (Å²) in [6, 6.07) is 22.9. The third-order valence-corrected chi connectivity index (χ3v) is 9.32. The topological polar surface area (TPSA) is 50.8 Å². The van der Waals surface area contributed by atoms with E-state index in [4.69, 9.17) is 21.1 Å². The molecule has 1 aliphatic rings. The van der Waals surface area contributed by atoms with Gasteiger partial charge in [-0.1, -0.05) is 48.0 Å². The molecule has 1 heterocycles. The summed E-state index contributed by atoms with van der Waals surface area (Å²) >= 11 is 8.29. The molecule has 0 saturated heterocycles. The maximum absolute atomic E-state index is 14.3. The Morgan fingerprint density at radius 1 is 1.03 bits per heavy atom. The Bertz CT molecular complexity index is 1430. The number of hydrogen-bond donors (Lipinski definition) is 1. The Balaban J connectivity index is 1.53. The van der Waals surface area contributed by atoms with Gasteiger partial charge in [0, 0.05) is 34.3 Å². The second-order valence-corrected chi connectivity index (χ2v) is 11.4. The second-order valence-electron chi connectivity index (χ2n) is 9.95. The molecule has 0 bridgehead atoms. The van der Waals surface area contributed by atoms with Gasteiger partial charge in [-0.3, -0.25) is 4.79 Å². The molecule has 1 amide bonds. The first-order valence-electron chi connectivity index (χ1n) is 13.6. The molecule has 4 aromatic rings. The molecule has 1 aliphatic carbocycles. The highest BCUT2D eigenvalue weighted by Gasteiger charge is 2.32. The number of methoxy groups -OCH3 is 1. The SMILES string of the molecule is CCOc1ccc(-c2ccc(OC)cc2)cc1CN(C(=O)c1sc2ccccc2c1Cl)[C@H]1CC[C@@H](NC)CC1. The normalized spacial score (nSPS) is 17.2. The predicted molar refractivity (Wildman–Crippen MR) is 161 cm³/mol. The van der Waals surface area contributed by atoms with Crippen LogP contribution in [-0.4, -0.2) is 43.7 Å². The van der Waals surface area contributed by atoms with E-state index in [-0.39, 0.29) is 11.9 Å². The van der Waals surface area contributed by atoms with Gasteiger partial charge in [0.25, 0.3) is 5.91 Å². The Kier molecular flexibility index (Phi) is 8.75. The van der Waals surface area contributed by atoms with Gasteiger partial charge in [0.1, 0.15) is 16.4 Å². The summed E-state index contributed by atoms with van der Waals surface area (Å²) < 4.78 is 12.4. The largest absolute Gasteiger partial charge is 0.497 e. The number of thiophene rings is 1. The Morgan fingerprint density at radius 3 is 2.41 bits per heavy atom. The first-order valence-corrected chi connectivity index (χ1v) is 14.8. The standard InChI is InChI=1S/C32H35ClN2O3S/c1-4-38-28-18-11-22(21-9-16-26(37-3)17-10-21)19-23(28)20-35(25-14-12-24(34-2)13-15-25)32(36)31-30(33)27-7-5-6-8-29(27)39-31/h5-11,16-19,24-25,34H,4,12-15,20H2,1-3H3/t24-,25+. The van der Waals surface area contributed by atoms with Crippen LogP contribution in [0.3, 0.4) is 0 Å². The van der Waals surface area contributed by atoms with Crippen molar-refractivity contribution in [1.82, 2.24) is 10.2 Å². The summed E-state index contributed by atoms with van der Waals surface area (Å²) in [6.45, 7) is 3.00. The minimum absolute atomic E-state index is 0.00796. The van der Waals surface area contributed by atoms with Crippen LogP contribution in [0.25, 0.3) is 21.2 Å². The van der Waals surface area contributed by atoms with Gasteiger partial charge in [0.2, 0.25) is 0 Å². The highest BCUT2D eigenvalue weighted by atomic mass is 35.5. The summed E-state index contributed by atoms with van der Waals surface area (Å²) in [5.74, 6) is 1.62. The van der Waals surface area contributed by atoms with Gasteiger partial charge in [0.15, 0.2) is 0 Å². The lowest BCUT2D eigenvalue weighted by Crippen LogP contribution is -2.44. The van der Waals surface area contributed by atoms with Gasteiger partial charge in [-0.15, -0.1) is 11.3 Å². The van der Waals surface area contributed by atoms with Gasteiger partial charge >= 0.3 is 0 Å². The van der Waals surface area contributed by atoms with Crippen molar-refractivity contribution in [1.29, 1.82) is 0 Å². The van der Waals surface area contributed by atoms with Crippen molar-refractivity contribution in [2.75, 3.05) is 20.8 Å². The molecule has 1 fully saturated rings. The monoisotopic (exact) mass is 562 g/mol. The van der Waals surface area contributed by atoms with Crippen LogP contribution in [0, 0.1) is 0 Å². The molecule has 0 radical (unpaired) electrons. The van der Waals surface area contributed by atoms with Gasteiger partial charge in [-0.05, 0) is 81.1 Å². The Morgan fingerprint density at radius 2 is 1.74 bits per heavy atom. The number of hydrogen-bond acceptors (Lipinski definition) is 5. The lowest BCUT2D eigenvalue weighted by Gasteiger charge is -2.37. The van der Waals surface area contributed by atoms with Crippen molar-refractivity contribution in [2.24, 2.45) is 0 Å². The number of amides is 1. The lowest BCUT2D eigenvalue weighted by molar-refractivity contribution is 0.0604. The number of fused-ring (bicyclic) bond motifs is 1. The van der Waals surface area contributed by atoms with Crippen LogP contribution in [0.2, 0.25) is 5.02 Å². The predicted octanol–water partition coefficient (Wildman–Crippen LogP) is 7.80. The van der Waals surface area contributed by atoms with Crippen molar-refractivity contribution in [2.45, 2.75) is 51.2 Å². The molecular weight excluding hydrogens is 528 g/mol. The van der Waals surface area contributed by atoms with Crippen LogP contribution in [0.5, 0.6) is 11.5 Å². The third-order valence-electron chi connectivity index (χ3n) is 7.66. The van der Waals surface area contributed by atoms with Gasteiger partial charge in [-0.2, -0.15) is 0 Å². The molecule has 0 unspecified atom stereocenters. The molecule has 0 aliphatic heterocycles. The quantitative estimate of drug-likeness (QED) is 0.226. The molecule has 1 N–H and O–H groups in total. The van der Waals surface area contributed by atoms with Crippen LogP contribution in [0.1, 0.15) is 47.8 Å². The van der Waals surface area contributed by atoms with E-state index in [0.717, 1.165) is 64.0 Å². The molecule has 5 nitrogen and oxygen atoms in total. The third kappa shape index (κ3) is 5.93. The number of nitrogens with one attached hydrogen (secondary N) is 1. The summed E-state index contributed by atoms with van der Waals surface area (Å²) in [5.41, 5.74) is 3.15. The molecule has 204 valence electrons. The average molecular weight is 563 g/mol. The Labute approximate surface area is 239 Å². The zero-order valence-electron chi connectivity index (χ0n) is 22.7. The van der Waals surface area contributed by atoms with E-state index in [0.29, 0.717) is 29.1 Å². The van der Waals surface area contributed by atoms with Crippen molar-refractivity contribution >= 4 is 38.9 Å². The van der Waals surface area contributed by atoms with Crippen molar-refractivity contribution < 1.29 is 14.3 Å². The van der Waals surface area contributed by atoms with E-state index in [1.807, 2.05) is 61.3 Å². The average Bonchev–Trinajstić information content (AvgIpc) is 3.33. The number of halogens is 1. The zero-order valence-corrected chi connectivity index (χ0v) is 24.3. The van der Waals surface area contributed by atoms with E-state index in [2.05, 4.69) is 29.6 Å². The molecule has 39 heavy (non-hydrogen) atoms. The van der Waals surface area contributed by atoms with Crippen molar-refractivity contribution in [3.63, 3.8) is 0 Å². The van der Waals surface area contributed by atoms with E-state index in [9.17, 15) is 4.79 Å². The molecule has 3 aromatic carbocycles. The molecular formula is C32H35ClN2O3S. The van der Waals surface area contributed by atoms with Gasteiger partial charge < -0.3 is 19.7 Å². The van der Waals surface area contributed by atoms with E-state index >= 15 is 0 Å². The molecule has 1 saturated carbocycles. The number of carbonyl (C=O) groups is 1. The Hall–Kier alpha value is -3.06. The zero-order chi connectivity index (χ0) is 27.4. The molecule has 1 aromatic heterocycles. The van der Waals surface area contributed by atoms with Crippen LogP contribution in [0.4, 0.5) is 0 Å². The maximum atomic E-state index is 14.3. The number of nitrogens with zero attached hydrogens (tertiary/aromatic N) is 1. The molecule has 5 rings (SSSR count). The second kappa shape index (κ2) is 12.4. The highest BCUT2D eigenvalue weighted by molar-refractivity contribution is 7.21. The molecule has 7 heteroatoms. The van der Waals surface area contributed by atoms with Gasteiger partial charge in [0.05, 0.1) is 18.7 Å². The maximum Gasteiger partial charge on any atom is 0.266 e. The van der Waals surface area contributed by atoms with Crippen LogP contribution in [-0.2, 0) is 6.54 Å². The first kappa shape index (κ1) is 27.5. The molecule has 0 atom stereocenters. The minimum Gasteiger partial charge on any atom is -0.497 e. The minimum atomic E-state index is -0.00796. The number of carbonyl (C=O) groups excluding carboxylic acids is 1. The van der Waals surface area contributed by atoms with Crippen LogP contribution >= 0.6 is 22.9 Å². The first-order chi connectivity index (χ1) is 19.0. The van der Waals surface area contributed by atoms with Crippen LogP contribution in [0.15, 0.2) is 66.7 Å². The number of benzene rings is 3. The fourth-order valence-electron chi connectivity index (χ4n) is 5.47. The van der Waals surface area contributed by atoms with Crippen LogP contribution < -0.4 is 14.8 Å². The van der Waals surface area contributed by atoms with Gasteiger partial charge in [-0.25, -0.2) is 0 Å². The summed E-state index contributed by atoms with van der Waals surface area (Å²) in [6.07, 6.45) is 3.97. The lowest BCUT2D eigenvalue weighted by atomic mass is 9.89. The smallest absolute Gasteiger partial charge is 0.266 e. The van der Waals surface area contributed by atoms with Crippen molar-refractivity contribution in [3.8, 4) is 22.6 Å². The van der Waals surface area contributed by atoms with E-state index in [1.54, 1.807) is 7.11 Å². The molecule has 0 spiro atoms. The fraction of sp³-hybridized carbons (Fsp3) is 0.344. The fourth-order valence-corrected chi connectivity index (χ4v) is 6.94. The van der Waals surface area contributed by atoms with E-state index in [1.165, 1.54) is 11.3 Å². The summed E-state index contributed by atoms with van der Waals surface area (Å²) in [7, 11) is 3.69. The van der Waals surface area contributed by atoms with Crippen molar-refractivity contribution in [3.05, 3.63) is 82.2 Å². The summed E-state index contributed by atoms with van der Waals surface area (Å²) in [4.78, 5) is 16.9.